The summed E-state index contributed by atoms with van der Waals surface area (Å²) in [5.74, 6) is -0.560. The summed E-state index contributed by atoms with van der Waals surface area (Å²) in [5.41, 5.74) is 0.880. The number of rotatable bonds is 6. The number of halogens is 1. The predicted octanol–water partition coefficient (Wildman–Crippen LogP) is 2.01. The Balaban J connectivity index is 2.11. The number of likely N-dealkylation sites (tertiary alicyclic amines) is 1. The molecule has 22 heavy (non-hydrogen) atoms. The van der Waals surface area contributed by atoms with Crippen molar-refractivity contribution < 1.29 is 14.3 Å². The molecule has 0 unspecified atom stereocenters. The smallest absolute Gasteiger partial charge is 0.226 e. The molecular weight excluding hydrogens is 304 g/mol. The molecule has 2 amide bonds. The highest BCUT2D eigenvalue weighted by Gasteiger charge is 2.42. The standard InChI is InChI=1S/C16H21ClN2O3/c1-3-22-8-7-18-16(21)13-10-14(20)19(2)15(13)11-5-4-6-12(17)9-11/h4-6,9,13,15H,3,7-8,10H2,1-2H3,(H,18,21)/t13-,15-/m1/s1. The molecule has 120 valence electrons. The summed E-state index contributed by atoms with van der Waals surface area (Å²) in [4.78, 5) is 26.0. The van der Waals surface area contributed by atoms with Gasteiger partial charge in [0.1, 0.15) is 0 Å². The van der Waals surface area contributed by atoms with Crippen LogP contribution in [0.4, 0.5) is 0 Å². The van der Waals surface area contributed by atoms with E-state index in [1.807, 2.05) is 25.1 Å². The molecule has 0 aliphatic carbocycles. The summed E-state index contributed by atoms with van der Waals surface area (Å²) in [6.07, 6.45) is 0.216. The van der Waals surface area contributed by atoms with Crippen LogP contribution in [0.15, 0.2) is 24.3 Å². The molecule has 6 heteroatoms. The molecule has 0 saturated carbocycles. The summed E-state index contributed by atoms with van der Waals surface area (Å²) in [7, 11) is 1.72. The summed E-state index contributed by atoms with van der Waals surface area (Å²) in [5, 5.41) is 3.44. The van der Waals surface area contributed by atoms with E-state index in [9.17, 15) is 9.59 Å². The first-order valence-corrected chi connectivity index (χ1v) is 7.79. The second-order valence-corrected chi connectivity index (χ2v) is 5.74. The average molecular weight is 325 g/mol. The zero-order valence-electron chi connectivity index (χ0n) is 12.8. The lowest BCUT2D eigenvalue weighted by Gasteiger charge is -2.25. The van der Waals surface area contributed by atoms with Gasteiger partial charge in [-0.15, -0.1) is 0 Å². The summed E-state index contributed by atoms with van der Waals surface area (Å²) in [6, 6.07) is 7.03. The number of carbonyl (C=O) groups excluding carboxylic acids is 2. The van der Waals surface area contributed by atoms with Crippen molar-refractivity contribution >= 4 is 23.4 Å². The zero-order valence-corrected chi connectivity index (χ0v) is 13.6. The van der Waals surface area contributed by atoms with Gasteiger partial charge in [0.15, 0.2) is 0 Å². The summed E-state index contributed by atoms with van der Waals surface area (Å²) < 4.78 is 5.21. The van der Waals surface area contributed by atoms with E-state index in [-0.39, 0.29) is 24.3 Å². The van der Waals surface area contributed by atoms with Crippen molar-refractivity contribution in [3.63, 3.8) is 0 Å². The first kappa shape index (κ1) is 16.8. The fourth-order valence-corrected chi connectivity index (χ4v) is 2.97. The highest BCUT2D eigenvalue weighted by atomic mass is 35.5. The molecule has 1 aliphatic heterocycles. The van der Waals surface area contributed by atoms with Gasteiger partial charge < -0.3 is 15.0 Å². The number of nitrogens with one attached hydrogen (secondary N) is 1. The summed E-state index contributed by atoms with van der Waals surface area (Å²) in [6.45, 7) is 3.44. The van der Waals surface area contributed by atoms with Gasteiger partial charge in [-0.2, -0.15) is 0 Å². The molecule has 0 radical (unpaired) electrons. The van der Waals surface area contributed by atoms with Crippen molar-refractivity contribution in [1.82, 2.24) is 10.2 Å². The van der Waals surface area contributed by atoms with Gasteiger partial charge in [-0.1, -0.05) is 23.7 Å². The van der Waals surface area contributed by atoms with E-state index >= 15 is 0 Å². The van der Waals surface area contributed by atoms with Gasteiger partial charge in [0.25, 0.3) is 0 Å². The maximum atomic E-state index is 12.4. The molecule has 1 N–H and O–H groups in total. The Bertz CT molecular complexity index is 550. The van der Waals surface area contributed by atoms with Crippen molar-refractivity contribution in [3.8, 4) is 0 Å². The minimum Gasteiger partial charge on any atom is -0.380 e. The molecule has 1 saturated heterocycles. The number of nitrogens with zero attached hydrogens (tertiary/aromatic N) is 1. The fraction of sp³-hybridized carbons (Fsp3) is 0.500. The molecule has 1 fully saturated rings. The minimum absolute atomic E-state index is 0.0325. The highest BCUT2D eigenvalue weighted by Crippen LogP contribution is 2.37. The molecule has 1 aliphatic rings. The third kappa shape index (κ3) is 3.78. The van der Waals surface area contributed by atoms with Gasteiger partial charge in [-0.25, -0.2) is 0 Å². The van der Waals surface area contributed by atoms with E-state index in [1.54, 1.807) is 18.0 Å². The Morgan fingerprint density at radius 2 is 2.27 bits per heavy atom. The topological polar surface area (TPSA) is 58.6 Å². The Labute approximate surface area is 135 Å². The molecule has 5 nitrogen and oxygen atoms in total. The molecular formula is C16H21ClN2O3. The van der Waals surface area contributed by atoms with Crippen molar-refractivity contribution in [2.45, 2.75) is 19.4 Å². The van der Waals surface area contributed by atoms with Crippen LogP contribution in [0.25, 0.3) is 0 Å². The molecule has 1 heterocycles. The van der Waals surface area contributed by atoms with E-state index in [1.165, 1.54) is 0 Å². The quantitative estimate of drug-likeness (QED) is 0.814. The molecule has 2 rings (SSSR count). The second-order valence-electron chi connectivity index (χ2n) is 5.30. The lowest BCUT2D eigenvalue weighted by molar-refractivity contribution is -0.128. The Morgan fingerprint density at radius 1 is 1.50 bits per heavy atom. The van der Waals surface area contributed by atoms with Crippen LogP contribution < -0.4 is 5.32 Å². The van der Waals surface area contributed by atoms with Crippen LogP contribution in [-0.4, -0.2) is 43.5 Å². The van der Waals surface area contributed by atoms with Gasteiger partial charge >= 0.3 is 0 Å². The lowest BCUT2D eigenvalue weighted by atomic mass is 9.93. The van der Waals surface area contributed by atoms with Gasteiger partial charge in [-0.05, 0) is 24.6 Å². The Hall–Kier alpha value is -1.59. The van der Waals surface area contributed by atoms with Gasteiger partial charge in [0.05, 0.1) is 18.6 Å². The third-order valence-corrected chi connectivity index (χ3v) is 4.10. The van der Waals surface area contributed by atoms with E-state index in [2.05, 4.69) is 5.32 Å². The van der Waals surface area contributed by atoms with Crippen LogP contribution in [0.1, 0.15) is 24.9 Å². The number of carbonyl (C=O) groups is 2. The van der Waals surface area contributed by atoms with Crippen molar-refractivity contribution in [2.75, 3.05) is 26.8 Å². The van der Waals surface area contributed by atoms with Crippen LogP contribution in [0.5, 0.6) is 0 Å². The number of hydrogen-bond acceptors (Lipinski definition) is 3. The molecule has 0 aromatic heterocycles. The van der Waals surface area contributed by atoms with E-state index in [0.29, 0.717) is 24.8 Å². The molecule has 0 spiro atoms. The van der Waals surface area contributed by atoms with Crippen LogP contribution in [0, 0.1) is 5.92 Å². The molecule has 1 aromatic carbocycles. The number of hydrogen-bond donors (Lipinski definition) is 1. The Morgan fingerprint density at radius 3 is 2.95 bits per heavy atom. The predicted molar refractivity (Wildman–Crippen MR) is 84.6 cm³/mol. The Kier molecular flexibility index (Phi) is 5.80. The number of amides is 2. The minimum atomic E-state index is -0.405. The second kappa shape index (κ2) is 7.61. The van der Waals surface area contributed by atoms with Crippen LogP contribution >= 0.6 is 11.6 Å². The summed E-state index contributed by atoms with van der Waals surface area (Å²) >= 11 is 6.03. The first-order chi connectivity index (χ1) is 10.5. The van der Waals surface area contributed by atoms with E-state index < -0.39 is 5.92 Å². The maximum absolute atomic E-state index is 12.4. The van der Waals surface area contributed by atoms with Crippen LogP contribution in [-0.2, 0) is 14.3 Å². The fourth-order valence-electron chi connectivity index (χ4n) is 2.77. The molecule has 2 atom stereocenters. The third-order valence-electron chi connectivity index (χ3n) is 3.86. The first-order valence-electron chi connectivity index (χ1n) is 7.41. The average Bonchev–Trinajstić information content (AvgIpc) is 2.79. The van der Waals surface area contributed by atoms with Crippen molar-refractivity contribution in [1.29, 1.82) is 0 Å². The van der Waals surface area contributed by atoms with Crippen molar-refractivity contribution in [3.05, 3.63) is 34.9 Å². The highest BCUT2D eigenvalue weighted by molar-refractivity contribution is 6.30. The van der Waals surface area contributed by atoms with E-state index in [4.69, 9.17) is 16.3 Å². The normalized spacial score (nSPS) is 21.2. The number of ether oxygens (including phenoxy) is 1. The van der Waals surface area contributed by atoms with Crippen LogP contribution in [0.3, 0.4) is 0 Å². The van der Waals surface area contributed by atoms with Crippen molar-refractivity contribution in [2.24, 2.45) is 5.92 Å². The molecule has 1 aromatic rings. The maximum Gasteiger partial charge on any atom is 0.226 e. The van der Waals surface area contributed by atoms with Gasteiger partial charge in [0, 0.05) is 31.6 Å². The van der Waals surface area contributed by atoms with Gasteiger partial charge in [-0.3, -0.25) is 9.59 Å². The molecule has 0 bridgehead atoms. The zero-order chi connectivity index (χ0) is 16.1. The van der Waals surface area contributed by atoms with E-state index in [0.717, 1.165) is 5.56 Å². The van der Waals surface area contributed by atoms with Crippen LogP contribution in [0.2, 0.25) is 5.02 Å². The largest absolute Gasteiger partial charge is 0.380 e. The lowest BCUT2D eigenvalue weighted by Crippen LogP contribution is -2.36. The monoisotopic (exact) mass is 324 g/mol. The number of benzene rings is 1. The SMILES string of the molecule is CCOCCNC(=O)[C@@H]1CC(=O)N(C)[C@@H]1c1cccc(Cl)c1. The van der Waals surface area contributed by atoms with Gasteiger partial charge in [0.2, 0.25) is 11.8 Å².